The summed E-state index contributed by atoms with van der Waals surface area (Å²) in [5.41, 5.74) is -0.567. The lowest BCUT2D eigenvalue weighted by atomic mass is 10.2. The van der Waals surface area contributed by atoms with Crippen LogP contribution in [0.15, 0.2) is 9.59 Å². The topological polar surface area (TPSA) is 92.0 Å². The molecule has 0 unspecified atom stereocenters. The van der Waals surface area contributed by atoms with Gasteiger partial charge in [-0.2, -0.15) is 0 Å². The zero-order chi connectivity index (χ0) is 11.9. The Morgan fingerprint density at radius 3 is 2.62 bits per heavy atom. The van der Waals surface area contributed by atoms with E-state index < -0.39 is 17.2 Å². The second-order valence-electron chi connectivity index (χ2n) is 3.16. The Bertz CT molecular complexity index is 679. The number of hydrogen-bond donors (Lipinski definition) is 2. The zero-order valence-electron chi connectivity index (χ0n) is 8.54. The first-order chi connectivity index (χ1) is 7.54. The van der Waals surface area contributed by atoms with E-state index in [0.717, 1.165) is 11.3 Å². The summed E-state index contributed by atoms with van der Waals surface area (Å²) in [5.74, 6) is -0.515. The normalized spacial score (nSPS) is 10.6. The summed E-state index contributed by atoms with van der Waals surface area (Å²) in [7, 11) is 1.26. The third-order valence-corrected chi connectivity index (χ3v) is 3.39. The second kappa shape index (κ2) is 3.60. The Kier molecular flexibility index (Phi) is 2.39. The van der Waals surface area contributed by atoms with Gasteiger partial charge >= 0.3 is 11.7 Å². The van der Waals surface area contributed by atoms with Gasteiger partial charge in [0.2, 0.25) is 0 Å². The lowest BCUT2D eigenvalue weighted by Gasteiger charge is -1.94. The molecule has 84 valence electrons. The molecule has 0 atom stereocenters. The maximum atomic E-state index is 11.5. The van der Waals surface area contributed by atoms with Gasteiger partial charge in [0.05, 0.1) is 12.5 Å². The third-order valence-electron chi connectivity index (χ3n) is 2.20. The first-order valence-electron chi connectivity index (χ1n) is 4.38. The minimum Gasteiger partial charge on any atom is -0.465 e. The van der Waals surface area contributed by atoms with E-state index in [1.54, 1.807) is 6.92 Å². The summed E-state index contributed by atoms with van der Waals surface area (Å²) in [6.45, 7) is 1.64. The standard InChI is InChI=1S/C9H8N2O4S/c1-3-4-6(12)10-9(14)11-7(4)16-5(3)8(13)15-2/h1-2H3,(H2,10,11,12,14). The Morgan fingerprint density at radius 1 is 1.31 bits per heavy atom. The summed E-state index contributed by atoms with van der Waals surface area (Å²) in [4.78, 5) is 39.2. The van der Waals surface area contributed by atoms with Crippen molar-refractivity contribution >= 4 is 27.5 Å². The SMILES string of the molecule is COC(=O)c1sc2[nH]c(=O)[nH]c(=O)c2c1C. The largest absolute Gasteiger partial charge is 0.465 e. The molecule has 0 radical (unpaired) electrons. The zero-order valence-corrected chi connectivity index (χ0v) is 9.36. The first-order valence-corrected chi connectivity index (χ1v) is 5.20. The molecule has 2 rings (SSSR count). The molecule has 0 fully saturated rings. The van der Waals surface area contributed by atoms with E-state index in [1.165, 1.54) is 7.11 Å². The molecular formula is C9H8N2O4S. The summed E-state index contributed by atoms with van der Waals surface area (Å²) in [6.07, 6.45) is 0. The van der Waals surface area contributed by atoms with Crippen LogP contribution < -0.4 is 11.2 Å². The molecule has 7 heteroatoms. The Labute approximate surface area is 92.9 Å². The Morgan fingerprint density at radius 2 is 2.00 bits per heavy atom. The molecule has 0 amide bonds. The predicted octanol–water partition coefficient (Wildman–Crippen LogP) is 0.373. The molecule has 0 aliphatic carbocycles. The number of aryl methyl sites for hydroxylation is 1. The summed E-state index contributed by atoms with van der Waals surface area (Å²) < 4.78 is 4.58. The number of H-pyrrole nitrogens is 2. The van der Waals surface area contributed by atoms with Crippen LogP contribution in [0.2, 0.25) is 0 Å². The smallest absolute Gasteiger partial charge is 0.348 e. The van der Waals surface area contributed by atoms with Gasteiger partial charge in [0.1, 0.15) is 9.71 Å². The number of ether oxygens (including phenoxy) is 1. The van der Waals surface area contributed by atoms with Crippen molar-refractivity contribution in [2.24, 2.45) is 0 Å². The molecule has 2 heterocycles. The predicted molar refractivity (Wildman–Crippen MR) is 59.1 cm³/mol. The van der Waals surface area contributed by atoms with Gasteiger partial charge in [-0.1, -0.05) is 0 Å². The van der Waals surface area contributed by atoms with E-state index in [9.17, 15) is 14.4 Å². The van der Waals surface area contributed by atoms with Crippen LogP contribution in [0.5, 0.6) is 0 Å². The molecule has 2 aromatic rings. The lowest BCUT2D eigenvalue weighted by Crippen LogP contribution is -2.21. The third kappa shape index (κ3) is 1.45. The number of nitrogens with one attached hydrogen (secondary N) is 2. The maximum Gasteiger partial charge on any atom is 0.348 e. The van der Waals surface area contributed by atoms with Gasteiger partial charge in [0.15, 0.2) is 0 Å². The van der Waals surface area contributed by atoms with Crippen LogP contribution in [0.25, 0.3) is 10.2 Å². The monoisotopic (exact) mass is 240 g/mol. The van der Waals surface area contributed by atoms with Gasteiger partial charge in [-0.25, -0.2) is 9.59 Å². The number of aromatic nitrogens is 2. The molecule has 2 aromatic heterocycles. The van der Waals surface area contributed by atoms with Crippen molar-refractivity contribution in [1.29, 1.82) is 0 Å². The van der Waals surface area contributed by atoms with Crippen molar-refractivity contribution in [3.05, 3.63) is 31.3 Å². The number of carbonyl (C=O) groups is 1. The molecule has 0 spiro atoms. The average Bonchev–Trinajstić information content (AvgIpc) is 2.54. The highest BCUT2D eigenvalue weighted by molar-refractivity contribution is 7.20. The number of rotatable bonds is 1. The number of hydrogen-bond acceptors (Lipinski definition) is 5. The number of thiophene rings is 1. The van der Waals surface area contributed by atoms with E-state index >= 15 is 0 Å². The summed E-state index contributed by atoms with van der Waals surface area (Å²) in [6, 6.07) is 0. The van der Waals surface area contributed by atoms with E-state index in [2.05, 4.69) is 14.7 Å². The van der Waals surface area contributed by atoms with Crippen molar-refractivity contribution in [3.63, 3.8) is 0 Å². The van der Waals surface area contributed by atoms with E-state index in [1.807, 2.05) is 0 Å². The molecule has 16 heavy (non-hydrogen) atoms. The number of carbonyl (C=O) groups excluding carboxylic acids is 1. The highest BCUT2D eigenvalue weighted by atomic mass is 32.1. The van der Waals surface area contributed by atoms with Crippen LogP contribution in [-0.4, -0.2) is 23.0 Å². The molecular weight excluding hydrogens is 232 g/mol. The van der Waals surface area contributed by atoms with Crippen LogP contribution in [0.4, 0.5) is 0 Å². The van der Waals surface area contributed by atoms with Gasteiger partial charge in [0.25, 0.3) is 5.56 Å². The molecule has 0 saturated heterocycles. The van der Waals surface area contributed by atoms with Crippen molar-refractivity contribution < 1.29 is 9.53 Å². The molecule has 6 nitrogen and oxygen atoms in total. The lowest BCUT2D eigenvalue weighted by molar-refractivity contribution is 0.0605. The van der Waals surface area contributed by atoms with E-state index in [4.69, 9.17) is 0 Å². The van der Waals surface area contributed by atoms with Crippen molar-refractivity contribution in [3.8, 4) is 0 Å². The minimum atomic E-state index is -0.588. The highest BCUT2D eigenvalue weighted by Crippen LogP contribution is 2.26. The number of methoxy groups -OCH3 is 1. The molecule has 2 N–H and O–H groups in total. The minimum absolute atomic E-state index is 0.324. The molecule has 0 saturated carbocycles. The van der Waals surface area contributed by atoms with Gasteiger partial charge in [-0.15, -0.1) is 11.3 Å². The van der Waals surface area contributed by atoms with Crippen molar-refractivity contribution in [2.45, 2.75) is 6.92 Å². The fourth-order valence-corrected chi connectivity index (χ4v) is 2.58. The van der Waals surface area contributed by atoms with E-state index in [0.29, 0.717) is 20.7 Å². The van der Waals surface area contributed by atoms with Crippen LogP contribution in [0, 0.1) is 6.92 Å². The van der Waals surface area contributed by atoms with Crippen LogP contribution in [-0.2, 0) is 4.74 Å². The highest BCUT2D eigenvalue weighted by Gasteiger charge is 2.18. The fraction of sp³-hybridized carbons (Fsp3) is 0.222. The molecule has 0 aliphatic rings. The Hall–Kier alpha value is -1.89. The average molecular weight is 240 g/mol. The first kappa shape index (κ1) is 10.6. The van der Waals surface area contributed by atoms with Crippen molar-refractivity contribution in [1.82, 2.24) is 9.97 Å². The summed E-state index contributed by atoms with van der Waals surface area (Å²) >= 11 is 1.03. The number of fused-ring (bicyclic) bond motifs is 1. The van der Waals surface area contributed by atoms with Crippen molar-refractivity contribution in [2.75, 3.05) is 7.11 Å². The number of aromatic amines is 2. The van der Waals surface area contributed by atoms with Gasteiger partial charge in [-0.05, 0) is 12.5 Å². The maximum absolute atomic E-state index is 11.5. The molecule has 0 bridgehead atoms. The van der Waals surface area contributed by atoms with Crippen LogP contribution in [0.1, 0.15) is 15.2 Å². The second-order valence-corrected chi connectivity index (χ2v) is 4.18. The molecule has 0 aliphatic heterocycles. The van der Waals surface area contributed by atoms with Gasteiger partial charge in [0, 0.05) is 0 Å². The van der Waals surface area contributed by atoms with Crippen LogP contribution >= 0.6 is 11.3 Å². The quantitative estimate of drug-likeness (QED) is 0.704. The van der Waals surface area contributed by atoms with Gasteiger partial charge in [-0.3, -0.25) is 14.8 Å². The molecule has 0 aromatic carbocycles. The van der Waals surface area contributed by atoms with Crippen LogP contribution in [0.3, 0.4) is 0 Å². The fourth-order valence-electron chi connectivity index (χ4n) is 1.46. The van der Waals surface area contributed by atoms with E-state index in [-0.39, 0.29) is 0 Å². The summed E-state index contributed by atoms with van der Waals surface area (Å²) in [5, 5.41) is 0.324. The number of esters is 1. The van der Waals surface area contributed by atoms with Gasteiger partial charge < -0.3 is 4.74 Å². The Balaban J connectivity index is 2.88.